The van der Waals surface area contributed by atoms with Crippen LogP contribution in [0.15, 0.2) is 109 Å². The molecular formula is C29H26N2O. The minimum atomic E-state index is -0.235. The van der Waals surface area contributed by atoms with Crippen molar-refractivity contribution in [3.63, 3.8) is 0 Å². The predicted molar refractivity (Wildman–Crippen MR) is 132 cm³/mol. The molecule has 1 aliphatic heterocycles. The molecule has 158 valence electrons. The molecule has 1 fully saturated rings. The number of ketones is 1. The highest BCUT2D eigenvalue weighted by atomic mass is 16.1. The van der Waals surface area contributed by atoms with Crippen molar-refractivity contribution in [2.45, 2.75) is 13.0 Å². The van der Waals surface area contributed by atoms with E-state index < -0.39 is 0 Å². The molecule has 0 aliphatic carbocycles. The minimum Gasteiger partial charge on any atom is -0.351 e. The van der Waals surface area contributed by atoms with Crippen LogP contribution in [0.5, 0.6) is 0 Å². The number of aryl methyl sites for hydroxylation is 1. The summed E-state index contributed by atoms with van der Waals surface area (Å²) in [6.45, 7) is 3.44. The highest BCUT2D eigenvalue weighted by molar-refractivity contribution is 6.03. The van der Waals surface area contributed by atoms with Gasteiger partial charge in [0, 0.05) is 23.5 Å². The molecule has 1 heterocycles. The number of rotatable bonds is 5. The number of carbonyl (C=O) groups is 1. The van der Waals surface area contributed by atoms with Crippen LogP contribution in [0.25, 0.3) is 11.1 Å². The number of hydrogen-bond donors (Lipinski definition) is 0. The molecule has 0 aromatic heterocycles. The third-order valence-electron chi connectivity index (χ3n) is 6.16. The van der Waals surface area contributed by atoms with Crippen molar-refractivity contribution in [1.82, 2.24) is 0 Å². The van der Waals surface area contributed by atoms with Crippen LogP contribution >= 0.6 is 0 Å². The van der Waals surface area contributed by atoms with Gasteiger partial charge in [0.05, 0.1) is 6.67 Å². The number of Topliss-reactive ketones (excluding diaryl/α,β-unsaturated/α-hetero) is 1. The lowest BCUT2D eigenvalue weighted by molar-refractivity contribution is 0.0968. The highest BCUT2D eigenvalue weighted by Gasteiger charge is 2.36. The van der Waals surface area contributed by atoms with E-state index in [1.807, 2.05) is 60.7 Å². The molecule has 0 radical (unpaired) electrons. The van der Waals surface area contributed by atoms with Crippen LogP contribution in [0.1, 0.15) is 15.9 Å². The summed E-state index contributed by atoms with van der Waals surface area (Å²) in [6.07, 6.45) is 0. The Balaban J connectivity index is 1.43. The summed E-state index contributed by atoms with van der Waals surface area (Å²) in [5, 5.41) is 0. The molecule has 1 saturated heterocycles. The van der Waals surface area contributed by atoms with E-state index in [0.717, 1.165) is 28.1 Å². The van der Waals surface area contributed by atoms with Gasteiger partial charge in [-0.25, -0.2) is 0 Å². The van der Waals surface area contributed by atoms with Crippen molar-refractivity contribution < 1.29 is 4.79 Å². The molecule has 4 aromatic carbocycles. The van der Waals surface area contributed by atoms with Crippen LogP contribution in [-0.4, -0.2) is 25.0 Å². The second-order valence-corrected chi connectivity index (χ2v) is 8.33. The first-order chi connectivity index (χ1) is 15.7. The topological polar surface area (TPSA) is 23.6 Å². The molecule has 5 rings (SSSR count). The number of nitrogens with zero attached hydrogens (tertiary/aromatic N) is 2. The first-order valence-electron chi connectivity index (χ1n) is 11.0. The van der Waals surface area contributed by atoms with E-state index in [-0.39, 0.29) is 11.8 Å². The van der Waals surface area contributed by atoms with Gasteiger partial charge in [0.25, 0.3) is 0 Å². The zero-order chi connectivity index (χ0) is 21.9. The summed E-state index contributed by atoms with van der Waals surface area (Å²) in [4.78, 5) is 18.1. The third kappa shape index (κ3) is 4.02. The van der Waals surface area contributed by atoms with Gasteiger partial charge in [-0.2, -0.15) is 0 Å². The molecule has 1 unspecified atom stereocenters. The largest absolute Gasteiger partial charge is 0.351 e. The van der Waals surface area contributed by atoms with Crippen molar-refractivity contribution in [2.24, 2.45) is 0 Å². The van der Waals surface area contributed by atoms with Crippen LogP contribution in [0.2, 0.25) is 0 Å². The van der Waals surface area contributed by atoms with Crippen molar-refractivity contribution in [3.05, 3.63) is 120 Å². The SMILES string of the molecule is Cc1ccc(N2CC(C(=O)c3ccc(-c4ccccc4)cc3)N(c3ccccc3)C2)cc1. The number of carbonyl (C=O) groups excluding carboxylic acids is 1. The van der Waals surface area contributed by atoms with Gasteiger partial charge in [-0.15, -0.1) is 0 Å². The predicted octanol–water partition coefficient (Wildman–Crippen LogP) is 6.20. The Morgan fingerprint density at radius 3 is 1.94 bits per heavy atom. The molecule has 0 bridgehead atoms. The lowest BCUT2D eigenvalue weighted by atomic mass is 9.99. The Kier molecular flexibility index (Phi) is 5.47. The van der Waals surface area contributed by atoms with Gasteiger partial charge in [-0.05, 0) is 42.3 Å². The Morgan fingerprint density at radius 2 is 1.28 bits per heavy atom. The van der Waals surface area contributed by atoms with Gasteiger partial charge in [0.2, 0.25) is 0 Å². The molecule has 0 saturated carbocycles. The molecule has 4 aromatic rings. The Labute approximate surface area is 189 Å². The zero-order valence-corrected chi connectivity index (χ0v) is 18.2. The summed E-state index contributed by atoms with van der Waals surface area (Å²) >= 11 is 0. The Morgan fingerprint density at radius 1 is 0.688 bits per heavy atom. The lowest BCUT2D eigenvalue weighted by Crippen LogP contribution is -2.37. The van der Waals surface area contributed by atoms with Gasteiger partial charge in [-0.1, -0.05) is 90.5 Å². The van der Waals surface area contributed by atoms with Gasteiger partial charge in [0.1, 0.15) is 6.04 Å². The fourth-order valence-electron chi connectivity index (χ4n) is 4.35. The molecule has 3 heteroatoms. The van der Waals surface area contributed by atoms with E-state index >= 15 is 0 Å². The standard InChI is InChI=1S/C29H26N2O/c1-22-12-18-26(19-13-22)30-20-28(31(21-30)27-10-6-3-7-11-27)29(32)25-16-14-24(15-17-25)23-8-4-2-5-9-23/h2-19,28H,20-21H2,1H3. The van der Waals surface area contributed by atoms with E-state index in [1.165, 1.54) is 5.56 Å². The quantitative estimate of drug-likeness (QED) is 0.361. The maximum atomic E-state index is 13.6. The summed E-state index contributed by atoms with van der Waals surface area (Å²) < 4.78 is 0. The van der Waals surface area contributed by atoms with Crippen LogP contribution in [0.3, 0.4) is 0 Å². The molecular weight excluding hydrogens is 392 g/mol. The second kappa shape index (κ2) is 8.72. The molecule has 0 spiro atoms. The molecule has 1 atom stereocenters. The minimum absolute atomic E-state index is 0.156. The molecule has 0 N–H and O–H groups in total. The normalized spacial score (nSPS) is 15.7. The fourth-order valence-corrected chi connectivity index (χ4v) is 4.35. The fraction of sp³-hybridized carbons (Fsp3) is 0.138. The van der Waals surface area contributed by atoms with E-state index in [2.05, 4.69) is 65.3 Å². The van der Waals surface area contributed by atoms with Crippen LogP contribution < -0.4 is 9.80 Å². The van der Waals surface area contributed by atoms with E-state index in [1.54, 1.807) is 0 Å². The van der Waals surface area contributed by atoms with Crippen molar-refractivity contribution >= 4 is 17.2 Å². The lowest BCUT2D eigenvalue weighted by Gasteiger charge is -2.24. The number of benzene rings is 4. The van der Waals surface area contributed by atoms with Crippen molar-refractivity contribution in [2.75, 3.05) is 23.0 Å². The zero-order valence-electron chi connectivity index (χ0n) is 18.2. The third-order valence-corrected chi connectivity index (χ3v) is 6.16. The van der Waals surface area contributed by atoms with Gasteiger partial charge >= 0.3 is 0 Å². The van der Waals surface area contributed by atoms with E-state index in [4.69, 9.17) is 0 Å². The monoisotopic (exact) mass is 418 g/mol. The first-order valence-corrected chi connectivity index (χ1v) is 11.0. The average Bonchev–Trinajstić information content (AvgIpc) is 3.31. The Bertz CT molecular complexity index is 1190. The van der Waals surface area contributed by atoms with Crippen molar-refractivity contribution in [3.8, 4) is 11.1 Å². The number of para-hydroxylation sites is 1. The summed E-state index contributed by atoms with van der Waals surface area (Å²) in [7, 11) is 0. The highest BCUT2D eigenvalue weighted by Crippen LogP contribution is 2.29. The maximum absolute atomic E-state index is 13.6. The maximum Gasteiger partial charge on any atom is 0.187 e. The van der Waals surface area contributed by atoms with Crippen LogP contribution in [0, 0.1) is 6.92 Å². The molecule has 3 nitrogen and oxygen atoms in total. The average molecular weight is 419 g/mol. The molecule has 1 aliphatic rings. The van der Waals surface area contributed by atoms with Gasteiger partial charge in [-0.3, -0.25) is 4.79 Å². The van der Waals surface area contributed by atoms with Crippen molar-refractivity contribution in [1.29, 1.82) is 0 Å². The smallest absolute Gasteiger partial charge is 0.187 e. The first kappa shape index (κ1) is 20.1. The summed E-state index contributed by atoms with van der Waals surface area (Å²) in [5.41, 5.74) is 6.48. The Hall–Kier alpha value is -3.85. The molecule has 0 amide bonds. The molecule has 32 heavy (non-hydrogen) atoms. The van der Waals surface area contributed by atoms with Crippen LogP contribution in [-0.2, 0) is 0 Å². The van der Waals surface area contributed by atoms with E-state index in [9.17, 15) is 4.79 Å². The van der Waals surface area contributed by atoms with Gasteiger partial charge < -0.3 is 9.80 Å². The number of hydrogen-bond acceptors (Lipinski definition) is 3. The summed E-state index contributed by atoms with van der Waals surface area (Å²) in [6, 6.07) is 36.8. The van der Waals surface area contributed by atoms with Crippen LogP contribution in [0.4, 0.5) is 11.4 Å². The number of anilines is 2. The van der Waals surface area contributed by atoms with Gasteiger partial charge in [0.15, 0.2) is 5.78 Å². The summed E-state index contributed by atoms with van der Waals surface area (Å²) in [5.74, 6) is 0.156. The second-order valence-electron chi connectivity index (χ2n) is 8.33. The van der Waals surface area contributed by atoms with E-state index in [0.29, 0.717) is 13.2 Å².